The van der Waals surface area contributed by atoms with Crippen molar-refractivity contribution in [1.29, 1.82) is 0 Å². The fraction of sp³-hybridized carbons (Fsp3) is 0.609. The number of ether oxygens (including phenoxy) is 3. The quantitative estimate of drug-likeness (QED) is 0.684. The summed E-state index contributed by atoms with van der Waals surface area (Å²) >= 11 is 0. The number of rotatable bonds is 2. The Kier molecular flexibility index (Phi) is 3.73. The van der Waals surface area contributed by atoms with Crippen LogP contribution in [0.25, 0.3) is 0 Å². The van der Waals surface area contributed by atoms with E-state index in [0.717, 1.165) is 30.9 Å². The van der Waals surface area contributed by atoms with Crippen molar-refractivity contribution in [1.82, 2.24) is 4.90 Å². The predicted molar refractivity (Wildman–Crippen MR) is 110 cm³/mol. The van der Waals surface area contributed by atoms with Crippen LogP contribution in [0, 0.1) is 11.8 Å². The average Bonchev–Trinajstić information content (AvgIpc) is 3.20. The van der Waals surface area contributed by atoms with Gasteiger partial charge >= 0.3 is 0 Å². The molecule has 6 aliphatic rings. The van der Waals surface area contributed by atoms with Crippen molar-refractivity contribution in [3.8, 4) is 11.5 Å². The lowest BCUT2D eigenvalue weighted by molar-refractivity contribution is -0.132. The smallest absolute Gasteiger partial charge is 0.229 e. The van der Waals surface area contributed by atoms with Crippen LogP contribution in [0.15, 0.2) is 23.8 Å². The maximum atomic E-state index is 13.5. The highest BCUT2D eigenvalue weighted by Crippen LogP contribution is 2.66. The van der Waals surface area contributed by atoms with Crippen molar-refractivity contribution in [2.24, 2.45) is 11.8 Å². The molecule has 30 heavy (non-hydrogen) atoms. The molecule has 6 atom stereocenters. The molecule has 0 radical (unpaired) electrons. The van der Waals surface area contributed by atoms with E-state index in [2.05, 4.69) is 21.9 Å². The molecule has 1 aromatic rings. The second-order valence-electron chi connectivity index (χ2n) is 9.48. The number of carbonyl (C=O) groups is 1. The number of nitrogens with zero attached hydrogens (tertiary/aromatic N) is 2. The lowest BCUT2D eigenvalue weighted by Gasteiger charge is -2.58. The minimum Gasteiger partial charge on any atom is -0.493 e. The summed E-state index contributed by atoms with van der Waals surface area (Å²) in [6.45, 7) is 2.80. The number of fused-ring (bicyclic) bond motifs is 2. The van der Waals surface area contributed by atoms with Crippen LogP contribution in [0.3, 0.4) is 0 Å². The standard InChI is InChI=1S/C23H26N2O4.H2O/c1-27-16-8-14-15(9-17(16)28-2)25-20(26)10-18-21-13-7-19-23(14,22(21)25)4-5-24(19)11-12(13)3-6-29-18;/h3,8-9,13,18-19,21-22H,4-7,10-11H2,1-2H3;1H2/t13-,18-,19-,21-,22-,23+;/m0./s1. The van der Waals surface area contributed by atoms with Gasteiger partial charge in [-0.05, 0) is 36.9 Å². The second-order valence-corrected chi connectivity index (χ2v) is 9.48. The Hall–Kier alpha value is -2.09. The number of hydrogen-bond donors (Lipinski definition) is 0. The second kappa shape index (κ2) is 5.99. The topological polar surface area (TPSA) is 82.7 Å². The first kappa shape index (κ1) is 18.7. The van der Waals surface area contributed by atoms with Crippen LogP contribution >= 0.6 is 0 Å². The summed E-state index contributed by atoms with van der Waals surface area (Å²) in [5, 5.41) is 0. The lowest BCUT2D eigenvalue weighted by Crippen LogP contribution is -2.69. The van der Waals surface area contributed by atoms with Crippen LogP contribution in [0.2, 0.25) is 0 Å². The first-order chi connectivity index (χ1) is 14.2. The number of benzene rings is 1. The number of amides is 1. The fourth-order valence-electron chi connectivity index (χ4n) is 7.87. The molecular formula is C23H28N2O5. The van der Waals surface area contributed by atoms with Crippen molar-refractivity contribution < 1.29 is 24.5 Å². The zero-order valence-corrected chi connectivity index (χ0v) is 17.4. The zero-order valence-electron chi connectivity index (χ0n) is 17.4. The Labute approximate surface area is 175 Å². The molecule has 7 heteroatoms. The maximum absolute atomic E-state index is 13.5. The van der Waals surface area contributed by atoms with Crippen molar-refractivity contribution in [3.63, 3.8) is 0 Å². The van der Waals surface area contributed by atoms with Crippen molar-refractivity contribution in [2.45, 2.75) is 42.9 Å². The largest absolute Gasteiger partial charge is 0.493 e. The predicted octanol–water partition coefficient (Wildman–Crippen LogP) is 1.28. The van der Waals surface area contributed by atoms with Crippen LogP contribution in [0.4, 0.5) is 5.69 Å². The van der Waals surface area contributed by atoms with Gasteiger partial charge in [0.25, 0.3) is 0 Å². The zero-order chi connectivity index (χ0) is 19.5. The molecular weight excluding hydrogens is 384 g/mol. The molecule has 1 spiro atoms. The molecule has 4 fully saturated rings. The summed E-state index contributed by atoms with van der Waals surface area (Å²) in [6.07, 6.45) is 5.11. The normalized spacial score (nSPS) is 39.7. The van der Waals surface area contributed by atoms with Gasteiger partial charge in [-0.2, -0.15) is 0 Å². The van der Waals surface area contributed by atoms with Crippen LogP contribution < -0.4 is 14.4 Å². The number of hydrogen-bond acceptors (Lipinski definition) is 5. The maximum Gasteiger partial charge on any atom is 0.229 e. The van der Waals surface area contributed by atoms with E-state index in [1.54, 1.807) is 19.8 Å². The molecule has 0 unspecified atom stereocenters. The Bertz CT molecular complexity index is 977. The Morgan fingerprint density at radius 3 is 2.80 bits per heavy atom. The van der Waals surface area contributed by atoms with Gasteiger partial charge in [0, 0.05) is 30.0 Å². The van der Waals surface area contributed by atoms with E-state index in [1.807, 2.05) is 6.07 Å². The van der Waals surface area contributed by atoms with E-state index in [9.17, 15) is 4.79 Å². The van der Waals surface area contributed by atoms with Gasteiger partial charge in [-0.3, -0.25) is 9.69 Å². The van der Waals surface area contributed by atoms with Gasteiger partial charge in [0.1, 0.15) is 0 Å². The molecule has 0 aromatic heterocycles. The third-order valence-electron chi connectivity index (χ3n) is 8.81. The highest BCUT2D eigenvalue weighted by Gasteiger charge is 2.71. The van der Waals surface area contributed by atoms with Gasteiger partial charge in [-0.25, -0.2) is 0 Å². The summed E-state index contributed by atoms with van der Waals surface area (Å²) in [6, 6.07) is 4.87. The molecule has 1 aliphatic carbocycles. The van der Waals surface area contributed by atoms with E-state index in [-0.39, 0.29) is 28.9 Å². The lowest BCUT2D eigenvalue weighted by atomic mass is 9.53. The van der Waals surface area contributed by atoms with E-state index in [4.69, 9.17) is 14.2 Å². The molecule has 5 aliphatic heterocycles. The first-order valence-electron chi connectivity index (χ1n) is 10.8. The summed E-state index contributed by atoms with van der Waals surface area (Å²) in [4.78, 5) is 18.3. The Morgan fingerprint density at radius 2 is 2.00 bits per heavy atom. The molecule has 7 nitrogen and oxygen atoms in total. The highest BCUT2D eigenvalue weighted by molar-refractivity contribution is 5.99. The number of carbonyl (C=O) groups excluding carboxylic acids is 1. The van der Waals surface area contributed by atoms with Gasteiger partial charge in [0.2, 0.25) is 5.91 Å². The summed E-state index contributed by atoms with van der Waals surface area (Å²) in [7, 11) is 3.36. The molecule has 7 rings (SSSR count). The van der Waals surface area contributed by atoms with Crippen LogP contribution in [-0.2, 0) is 14.9 Å². The monoisotopic (exact) mass is 412 g/mol. The Balaban J connectivity index is 0.00000175. The van der Waals surface area contributed by atoms with Gasteiger partial charge in [-0.1, -0.05) is 11.6 Å². The molecule has 1 saturated carbocycles. The third kappa shape index (κ3) is 1.90. The highest BCUT2D eigenvalue weighted by atomic mass is 16.5. The number of methoxy groups -OCH3 is 2. The third-order valence-corrected chi connectivity index (χ3v) is 8.81. The van der Waals surface area contributed by atoms with E-state index in [0.29, 0.717) is 36.7 Å². The van der Waals surface area contributed by atoms with Gasteiger partial charge in [0.15, 0.2) is 11.5 Å². The van der Waals surface area contributed by atoms with E-state index < -0.39 is 0 Å². The molecule has 1 aromatic carbocycles. The molecule has 160 valence electrons. The number of piperidine rings is 2. The average molecular weight is 412 g/mol. The first-order valence-corrected chi connectivity index (χ1v) is 10.8. The van der Waals surface area contributed by atoms with E-state index in [1.165, 1.54) is 12.0 Å². The minimum atomic E-state index is -0.0242. The van der Waals surface area contributed by atoms with Crippen molar-refractivity contribution >= 4 is 11.6 Å². The summed E-state index contributed by atoms with van der Waals surface area (Å²) in [5.74, 6) is 2.57. The number of anilines is 1. The molecule has 3 saturated heterocycles. The van der Waals surface area contributed by atoms with Gasteiger partial charge < -0.3 is 24.6 Å². The summed E-state index contributed by atoms with van der Waals surface area (Å²) < 4.78 is 17.6. The SMILES string of the molecule is COc1cc2c(cc1OC)[C@@]13CCN4CC5=CCO[C@H]6CC(=O)N2[C@H]1[C@H]6[C@H]5C[C@H]43.O. The van der Waals surface area contributed by atoms with Crippen molar-refractivity contribution in [2.75, 3.05) is 38.8 Å². The van der Waals surface area contributed by atoms with Crippen LogP contribution in [-0.4, -0.2) is 68.4 Å². The Morgan fingerprint density at radius 1 is 1.20 bits per heavy atom. The summed E-state index contributed by atoms with van der Waals surface area (Å²) in [5.41, 5.74) is 3.85. The van der Waals surface area contributed by atoms with Crippen molar-refractivity contribution in [3.05, 3.63) is 29.3 Å². The molecule has 5 heterocycles. The minimum absolute atomic E-state index is 0. The van der Waals surface area contributed by atoms with E-state index >= 15 is 0 Å². The van der Waals surface area contributed by atoms with Gasteiger partial charge in [0.05, 0.1) is 45.1 Å². The molecule has 2 N–H and O–H groups in total. The van der Waals surface area contributed by atoms with Gasteiger partial charge in [-0.15, -0.1) is 0 Å². The fourth-order valence-corrected chi connectivity index (χ4v) is 7.87. The molecule has 2 bridgehead atoms. The van der Waals surface area contributed by atoms with Crippen LogP contribution in [0.1, 0.15) is 24.8 Å². The molecule has 1 amide bonds. The van der Waals surface area contributed by atoms with Crippen LogP contribution in [0.5, 0.6) is 11.5 Å².